The van der Waals surface area contributed by atoms with E-state index in [9.17, 15) is 4.39 Å². The number of hydrogen-bond donors (Lipinski definition) is 0. The monoisotopic (exact) mass is 499 g/mol. The molecule has 8 nitrogen and oxygen atoms in total. The summed E-state index contributed by atoms with van der Waals surface area (Å²) in [5.41, 5.74) is 0.909. The number of hydrogen-bond acceptors (Lipinski definition) is 9. The Morgan fingerprint density at radius 2 is 2.13 bits per heavy atom. The first kappa shape index (κ1) is 22.6. The summed E-state index contributed by atoms with van der Waals surface area (Å²) in [4.78, 5) is 24.4. The van der Waals surface area contributed by atoms with Crippen LogP contribution >= 0.6 is 41.3 Å². The van der Waals surface area contributed by atoms with Crippen LogP contribution < -0.4 is 14.3 Å². The van der Waals surface area contributed by atoms with Gasteiger partial charge in [0.25, 0.3) is 0 Å². The highest BCUT2D eigenvalue weighted by atomic mass is 35.5. The van der Waals surface area contributed by atoms with Gasteiger partial charge >= 0.3 is 0 Å². The first-order valence-corrected chi connectivity index (χ1v) is 13.3. The van der Waals surface area contributed by atoms with Gasteiger partial charge in [0.1, 0.15) is 29.0 Å². The molecule has 0 bridgehead atoms. The second-order valence-electron chi connectivity index (χ2n) is 6.60. The Balaban J connectivity index is 1.91. The Morgan fingerprint density at radius 3 is 2.84 bits per heavy atom. The molecule has 2 unspecified atom stereocenters. The van der Waals surface area contributed by atoms with Gasteiger partial charge in [0, 0.05) is 18.7 Å². The predicted molar refractivity (Wildman–Crippen MR) is 129 cm³/mol. The molecule has 1 aliphatic rings. The van der Waals surface area contributed by atoms with Crippen molar-refractivity contribution >= 4 is 63.9 Å². The molecular formula is C18H21ClFN7OP2S. The number of rotatable bonds is 6. The largest absolute Gasteiger partial charge is 0.475 e. The van der Waals surface area contributed by atoms with Crippen LogP contribution in [0.3, 0.4) is 0 Å². The summed E-state index contributed by atoms with van der Waals surface area (Å²) in [7, 11) is 3.26. The van der Waals surface area contributed by atoms with E-state index in [1.807, 2.05) is 18.1 Å². The van der Waals surface area contributed by atoms with E-state index in [0.717, 1.165) is 17.8 Å². The standard InChI is InChI=1S/C18H21ClFN7OP2S/c1-9(12-16(22-5-4-21-12)27(8-29)30-2)26-6-7-28-17-10-13(11(20)14(19)24-17)23-18(31-3)25-15(10)26/h4-5,9,30H,6-8,29H2,1-3H3/t9-/m1/s1. The molecule has 13 heteroatoms. The molecule has 0 amide bonds. The average molecular weight is 500 g/mol. The SMILES string of the molecule is CPN(CP)c1nccnc1[C@@H](C)N1CCOc2nc(Cl)c(F)c3nc(SC)nc1c23. The lowest BCUT2D eigenvalue weighted by Gasteiger charge is -2.31. The molecule has 0 spiro atoms. The van der Waals surface area contributed by atoms with Crippen LogP contribution in [0.15, 0.2) is 17.6 Å². The Labute approximate surface area is 192 Å². The molecule has 0 saturated heterocycles. The molecular weight excluding hydrogens is 479 g/mol. The van der Waals surface area contributed by atoms with Gasteiger partial charge in [-0.05, 0) is 28.6 Å². The van der Waals surface area contributed by atoms with Crippen LogP contribution in [0, 0.1) is 5.82 Å². The molecule has 4 heterocycles. The number of thioether (sulfide) groups is 1. The fourth-order valence-electron chi connectivity index (χ4n) is 3.48. The minimum atomic E-state index is -0.681. The van der Waals surface area contributed by atoms with E-state index in [1.165, 1.54) is 11.8 Å². The number of pyridine rings is 1. The number of aromatic nitrogens is 5. The number of halogens is 2. The van der Waals surface area contributed by atoms with Crippen molar-refractivity contribution in [2.45, 2.75) is 18.1 Å². The van der Waals surface area contributed by atoms with Crippen molar-refractivity contribution < 1.29 is 9.13 Å². The zero-order valence-electron chi connectivity index (χ0n) is 17.1. The van der Waals surface area contributed by atoms with E-state index in [1.54, 1.807) is 12.4 Å². The summed E-state index contributed by atoms with van der Waals surface area (Å²) < 4.78 is 22.9. The van der Waals surface area contributed by atoms with Crippen LogP contribution in [-0.4, -0.2) is 57.3 Å². The molecule has 0 N–H and O–H groups in total. The van der Waals surface area contributed by atoms with Crippen LogP contribution in [0.1, 0.15) is 18.7 Å². The quantitative estimate of drug-likeness (QED) is 0.215. The van der Waals surface area contributed by atoms with Gasteiger partial charge in [0.05, 0.1) is 12.6 Å². The molecule has 0 aliphatic carbocycles. The van der Waals surface area contributed by atoms with Crippen molar-refractivity contribution in [1.29, 1.82) is 0 Å². The Morgan fingerprint density at radius 1 is 1.35 bits per heavy atom. The highest BCUT2D eigenvalue weighted by molar-refractivity contribution is 7.98. The predicted octanol–water partition coefficient (Wildman–Crippen LogP) is 4.15. The first-order chi connectivity index (χ1) is 15.0. The second-order valence-corrected chi connectivity index (χ2v) is 9.08. The Hall–Kier alpha value is -1.60. The smallest absolute Gasteiger partial charge is 0.228 e. The molecule has 0 saturated carbocycles. The molecule has 0 aromatic carbocycles. The van der Waals surface area contributed by atoms with Gasteiger partial charge in [-0.2, -0.15) is 4.98 Å². The third-order valence-corrected chi connectivity index (χ3v) is 7.44. The van der Waals surface area contributed by atoms with Gasteiger partial charge in [0.2, 0.25) is 5.88 Å². The van der Waals surface area contributed by atoms with E-state index in [2.05, 4.69) is 40.5 Å². The zero-order chi connectivity index (χ0) is 22.1. The molecule has 4 rings (SSSR count). The van der Waals surface area contributed by atoms with Crippen molar-refractivity contribution in [2.24, 2.45) is 0 Å². The lowest BCUT2D eigenvalue weighted by atomic mass is 10.1. The van der Waals surface area contributed by atoms with Gasteiger partial charge in [-0.25, -0.2) is 19.3 Å². The first-order valence-electron chi connectivity index (χ1n) is 9.46. The van der Waals surface area contributed by atoms with E-state index in [0.29, 0.717) is 38.2 Å². The highest BCUT2D eigenvalue weighted by Crippen LogP contribution is 2.41. The summed E-state index contributed by atoms with van der Waals surface area (Å²) in [6, 6.07) is -0.208. The minimum Gasteiger partial charge on any atom is -0.475 e. The summed E-state index contributed by atoms with van der Waals surface area (Å²) in [5, 5.41) is 0.585. The fraction of sp³-hybridized carbons (Fsp3) is 0.389. The molecule has 0 fully saturated rings. The number of nitrogens with zero attached hydrogens (tertiary/aromatic N) is 7. The van der Waals surface area contributed by atoms with Crippen molar-refractivity contribution in [2.75, 3.05) is 41.9 Å². The minimum absolute atomic E-state index is 0.101. The van der Waals surface area contributed by atoms with Crippen LogP contribution in [0.25, 0.3) is 10.9 Å². The van der Waals surface area contributed by atoms with Crippen molar-refractivity contribution in [3.63, 3.8) is 0 Å². The lowest BCUT2D eigenvalue weighted by Crippen LogP contribution is -2.32. The molecule has 31 heavy (non-hydrogen) atoms. The van der Waals surface area contributed by atoms with Crippen LogP contribution in [0.5, 0.6) is 5.88 Å². The maximum atomic E-state index is 14.9. The number of anilines is 2. The summed E-state index contributed by atoms with van der Waals surface area (Å²) in [6.45, 7) is 4.96. The van der Waals surface area contributed by atoms with E-state index in [4.69, 9.17) is 21.3 Å². The van der Waals surface area contributed by atoms with Crippen LogP contribution in [0.2, 0.25) is 5.15 Å². The maximum Gasteiger partial charge on any atom is 0.228 e. The molecule has 3 aromatic rings. The highest BCUT2D eigenvalue weighted by Gasteiger charge is 2.31. The van der Waals surface area contributed by atoms with Gasteiger partial charge in [-0.3, -0.25) is 4.98 Å². The van der Waals surface area contributed by atoms with Crippen molar-refractivity contribution in [1.82, 2.24) is 24.9 Å². The van der Waals surface area contributed by atoms with Gasteiger partial charge in [-0.15, -0.1) is 9.24 Å². The third kappa shape index (κ3) is 4.11. The lowest BCUT2D eigenvalue weighted by molar-refractivity contribution is 0.315. The van der Waals surface area contributed by atoms with Gasteiger partial charge in [-0.1, -0.05) is 23.4 Å². The molecule has 164 valence electrons. The van der Waals surface area contributed by atoms with E-state index in [-0.39, 0.29) is 22.6 Å². The molecule has 3 atom stereocenters. The van der Waals surface area contributed by atoms with Crippen LogP contribution in [-0.2, 0) is 0 Å². The summed E-state index contributed by atoms with van der Waals surface area (Å²) in [6.07, 6.45) is 5.95. The number of ether oxygens (including phenoxy) is 1. The van der Waals surface area contributed by atoms with E-state index >= 15 is 0 Å². The Kier molecular flexibility index (Phi) is 6.92. The fourth-order valence-corrected chi connectivity index (χ4v) is 5.29. The Bertz CT molecular complexity index is 1120. The van der Waals surface area contributed by atoms with E-state index < -0.39 is 5.82 Å². The van der Waals surface area contributed by atoms with Crippen molar-refractivity contribution in [3.05, 3.63) is 29.1 Å². The zero-order valence-corrected chi connectivity index (χ0v) is 20.9. The second kappa shape index (κ2) is 9.49. The normalized spacial score (nSPS) is 14.7. The third-order valence-electron chi connectivity index (χ3n) is 4.98. The topological polar surface area (TPSA) is 80.2 Å². The maximum absolute atomic E-state index is 14.9. The molecule has 1 aliphatic heterocycles. The summed E-state index contributed by atoms with van der Waals surface area (Å²) in [5.74, 6) is 0.913. The van der Waals surface area contributed by atoms with Gasteiger partial charge in [0.15, 0.2) is 21.9 Å². The van der Waals surface area contributed by atoms with Gasteiger partial charge < -0.3 is 14.3 Å². The molecule has 3 aromatic heterocycles. The van der Waals surface area contributed by atoms with Crippen molar-refractivity contribution in [3.8, 4) is 5.88 Å². The summed E-state index contributed by atoms with van der Waals surface area (Å²) >= 11 is 7.34. The molecule has 0 radical (unpaired) electrons. The average Bonchev–Trinajstić information content (AvgIpc) is 2.97. The van der Waals surface area contributed by atoms with Crippen LogP contribution in [0.4, 0.5) is 16.0 Å².